The van der Waals surface area contributed by atoms with Gasteiger partial charge < -0.3 is 15.2 Å². The first-order valence-electron chi connectivity index (χ1n) is 12.5. The summed E-state index contributed by atoms with van der Waals surface area (Å²) in [6, 6.07) is 13.6. The molecule has 2 heterocycles. The van der Waals surface area contributed by atoms with Gasteiger partial charge in [-0.2, -0.15) is 4.31 Å². The summed E-state index contributed by atoms with van der Waals surface area (Å²) in [5.74, 6) is -0.803. The molecule has 2 aliphatic rings. The SMILES string of the molecule is C[C@H](O)CNC(=O)C1(c2ccc(CN3[C@@H](C)CC[C@H](c4ccccc4)S3(=O)=O)c(F)c2)CCOCC1. The van der Waals surface area contributed by atoms with E-state index < -0.39 is 32.6 Å². The third-order valence-corrected chi connectivity index (χ3v) is 9.84. The molecule has 0 saturated carbocycles. The summed E-state index contributed by atoms with van der Waals surface area (Å²) in [4.78, 5) is 13.1. The van der Waals surface area contributed by atoms with Gasteiger partial charge >= 0.3 is 0 Å². The molecule has 2 N–H and O–H groups in total. The zero-order valence-electron chi connectivity index (χ0n) is 20.8. The topological polar surface area (TPSA) is 95.9 Å². The van der Waals surface area contributed by atoms with E-state index >= 15 is 4.39 Å². The van der Waals surface area contributed by atoms with Crippen molar-refractivity contribution < 1.29 is 27.4 Å². The van der Waals surface area contributed by atoms with Gasteiger partial charge in [-0.3, -0.25) is 4.79 Å². The van der Waals surface area contributed by atoms with Crippen molar-refractivity contribution in [3.63, 3.8) is 0 Å². The number of halogens is 1. The Bertz CT molecular complexity index is 1170. The van der Waals surface area contributed by atoms with E-state index in [1.165, 1.54) is 10.4 Å². The molecule has 0 spiro atoms. The summed E-state index contributed by atoms with van der Waals surface area (Å²) < 4.78 is 49.4. The fourth-order valence-electron chi connectivity index (χ4n) is 5.27. The maximum absolute atomic E-state index is 15.5. The lowest BCUT2D eigenvalue weighted by Crippen LogP contribution is -2.49. The van der Waals surface area contributed by atoms with Gasteiger partial charge in [0, 0.05) is 37.9 Å². The second-order valence-corrected chi connectivity index (χ2v) is 12.0. The third kappa shape index (κ3) is 5.34. The van der Waals surface area contributed by atoms with Crippen LogP contribution in [0.25, 0.3) is 0 Å². The van der Waals surface area contributed by atoms with Gasteiger partial charge in [-0.05, 0) is 56.7 Å². The summed E-state index contributed by atoms with van der Waals surface area (Å²) in [6.45, 7) is 4.22. The number of rotatable bonds is 7. The molecule has 0 bridgehead atoms. The Labute approximate surface area is 212 Å². The van der Waals surface area contributed by atoms with Gasteiger partial charge in [-0.15, -0.1) is 0 Å². The van der Waals surface area contributed by atoms with Gasteiger partial charge in [0.25, 0.3) is 0 Å². The summed E-state index contributed by atoms with van der Waals surface area (Å²) in [5, 5.41) is 11.7. The van der Waals surface area contributed by atoms with Crippen molar-refractivity contribution in [3.8, 4) is 0 Å². The van der Waals surface area contributed by atoms with E-state index in [0.717, 1.165) is 5.56 Å². The van der Waals surface area contributed by atoms with Crippen LogP contribution in [0.3, 0.4) is 0 Å². The first kappa shape index (κ1) is 26.7. The fraction of sp³-hybridized carbons (Fsp3) is 0.519. The van der Waals surface area contributed by atoms with Crippen molar-refractivity contribution in [2.45, 2.75) is 68.9 Å². The second-order valence-electron chi connectivity index (χ2n) is 9.98. The number of hydrogen-bond donors (Lipinski definition) is 2. The Balaban J connectivity index is 1.60. The number of benzene rings is 2. The molecular weight excluding hydrogens is 483 g/mol. The number of carbonyl (C=O) groups is 1. The zero-order chi connectivity index (χ0) is 25.9. The highest BCUT2D eigenvalue weighted by Crippen LogP contribution is 2.39. The standard InChI is InChI=1S/C27H35FN2O5S/c1-19-8-11-25(21-6-4-3-5-7-21)36(33,34)30(19)18-22-9-10-23(16-24(22)28)27(12-14-35-15-13-27)26(32)29-17-20(2)31/h3-7,9-10,16,19-20,25,31H,8,11-15,17-18H2,1-2H3,(H,29,32)/t19-,20-,25+/m0/s1. The monoisotopic (exact) mass is 518 g/mol. The van der Waals surface area contributed by atoms with E-state index in [0.29, 0.717) is 44.5 Å². The number of carbonyl (C=O) groups excluding carboxylic acids is 1. The van der Waals surface area contributed by atoms with Crippen molar-refractivity contribution in [3.05, 3.63) is 71.0 Å². The Kier molecular flexibility index (Phi) is 8.14. The number of nitrogens with one attached hydrogen (secondary N) is 1. The normalized spacial score (nSPS) is 24.7. The highest BCUT2D eigenvalue weighted by atomic mass is 32.2. The molecular formula is C27H35FN2O5S. The molecule has 2 aromatic carbocycles. The minimum absolute atomic E-state index is 0.0662. The molecule has 3 atom stereocenters. The van der Waals surface area contributed by atoms with Crippen molar-refractivity contribution in [1.82, 2.24) is 9.62 Å². The van der Waals surface area contributed by atoms with Crippen molar-refractivity contribution in [1.29, 1.82) is 0 Å². The van der Waals surface area contributed by atoms with Crippen LogP contribution in [0.1, 0.15) is 61.5 Å². The molecule has 0 aliphatic carbocycles. The molecule has 4 rings (SSSR count). The number of ether oxygens (including phenoxy) is 1. The number of hydrogen-bond acceptors (Lipinski definition) is 5. The highest BCUT2D eigenvalue weighted by molar-refractivity contribution is 7.89. The minimum atomic E-state index is -3.69. The Hall–Kier alpha value is -2.33. The second kappa shape index (κ2) is 11.0. The maximum atomic E-state index is 15.5. The molecule has 2 aromatic rings. The van der Waals surface area contributed by atoms with Gasteiger partial charge in [0.05, 0.1) is 11.5 Å². The van der Waals surface area contributed by atoms with Crippen molar-refractivity contribution in [2.75, 3.05) is 19.8 Å². The van der Waals surface area contributed by atoms with Crippen LogP contribution in [0, 0.1) is 5.82 Å². The van der Waals surface area contributed by atoms with E-state index in [-0.39, 0.29) is 30.6 Å². The van der Waals surface area contributed by atoms with Crippen molar-refractivity contribution >= 4 is 15.9 Å². The fourth-order valence-corrected chi connectivity index (χ4v) is 7.46. The third-order valence-electron chi connectivity index (χ3n) is 7.47. The first-order valence-corrected chi connectivity index (χ1v) is 14.0. The number of amides is 1. The van der Waals surface area contributed by atoms with E-state index in [4.69, 9.17) is 4.74 Å². The molecule has 2 aliphatic heterocycles. The van der Waals surface area contributed by atoms with Gasteiger partial charge in [0.1, 0.15) is 11.1 Å². The van der Waals surface area contributed by atoms with Gasteiger partial charge in [-0.1, -0.05) is 42.5 Å². The predicted octanol–water partition coefficient (Wildman–Crippen LogP) is 3.43. The molecule has 1 amide bonds. The molecule has 0 radical (unpaired) electrons. The lowest BCUT2D eigenvalue weighted by atomic mass is 9.73. The predicted molar refractivity (Wildman–Crippen MR) is 135 cm³/mol. The summed E-state index contributed by atoms with van der Waals surface area (Å²) in [6.07, 6.45) is 1.31. The molecule has 2 fully saturated rings. The zero-order valence-corrected chi connectivity index (χ0v) is 21.6. The number of aliphatic hydroxyl groups is 1. The van der Waals surface area contributed by atoms with Gasteiger partial charge in [-0.25, -0.2) is 12.8 Å². The molecule has 9 heteroatoms. The largest absolute Gasteiger partial charge is 0.392 e. The number of aliphatic hydroxyl groups excluding tert-OH is 1. The number of nitrogens with zero attached hydrogens (tertiary/aromatic N) is 1. The van der Waals surface area contributed by atoms with Gasteiger partial charge in [0.15, 0.2) is 0 Å². The van der Waals surface area contributed by atoms with E-state index in [1.54, 1.807) is 19.1 Å². The Morgan fingerprint density at radius 1 is 1.19 bits per heavy atom. The molecule has 2 saturated heterocycles. The highest BCUT2D eigenvalue weighted by Gasteiger charge is 2.43. The smallest absolute Gasteiger partial charge is 0.230 e. The minimum Gasteiger partial charge on any atom is -0.392 e. The van der Waals surface area contributed by atoms with E-state index in [9.17, 15) is 18.3 Å². The van der Waals surface area contributed by atoms with Crippen LogP contribution in [-0.2, 0) is 31.5 Å². The average Bonchev–Trinajstić information content (AvgIpc) is 2.86. The lowest BCUT2D eigenvalue weighted by Gasteiger charge is -2.38. The lowest BCUT2D eigenvalue weighted by molar-refractivity contribution is -0.130. The van der Waals surface area contributed by atoms with Crippen molar-refractivity contribution in [2.24, 2.45) is 0 Å². The summed E-state index contributed by atoms with van der Waals surface area (Å²) in [7, 11) is -3.69. The number of sulfonamides is 1. The maximum Gasteiger partial charge on any atom is 0.230 e. The van der Waals surface area contributed by atoms with Crippen LogP contribution in [0.2, 0.25) is 0 Å². The van der Waals surface area contributed by atoms with Crippen LogP contribution in [-0.4, -0.2) is 55.6 Å². The molecule has 36 heavy (non-hydrogen) atoms. The molecule has 196 valence electrons. The molecule has 0 aromatic heterocycles. The van der Waals surface area contributed by atoms with Crippen LogP contribution < -0.4 is 5.32 Å². The van der Waals surface area contributed by atoms with Crippen LogP contribution in [0.5, 0.6) is 0 Å². The average molecular weight is 519 g/mol. The van der Waals surface area contributed by atoms with E-state index in [1.807, 2.05) is 37.3 Å². The summed E-state index contributed by atoms with van der Waals surface area (Å²) >= 11 is 0. The van der Waals surface area contributed by atoms with Crippen LogP contribution in [0.4, 0.5) is 4.39 Å². The molecule has 7 nitrogen and oxygen atoms in total. The quantitative estimate of drug-likeness (QED) is 0.586. The van der Waals surface area contributed by atoms with E-state index in [2.05, 4.69) is 5.32 Å². The van der Waals surface area contributed by atoms with Gasteiger partial charge in [0.2, 0.25) is 15.9 Å². The Morgan fingerprint density at radius 3 is 2.53 bits per heavy atom. The molecule has 0 unspecified atom stereocenters. The van der Waals surface area contributed by atoms with Crippen LogP contribution >= 0.6 is 0 Å². The summed E-state index contributed by atoms with van der Waals surface area (Å²) in [5.41, 5.74) is 0.589. The van der Waals surface area contributed by atoms with Crippen LogP contribution in [0.15, 0.2) is 48.5 Å². The Morgan fingerprint density at radius 2 is 1.89 bits per heavy atom. The first-order chi connectivity index (χ1) is 17.1.